The molecule has 0 N–H and O–H groups in total. The van der Waals surface area contributed by atoms with E-state index in [-0.39, 0.29) is 5.41 Å². The van der Waals surface area contributed by atoms with E-state index in [1.165, 1.54) is 55.1 Å². The van der Waals surface area contributed by atoms with Crippen molar-refractivity contribution in [1.29, 1.82) is 0 Å². The smallest absolute Gasteiger partial charge is 0.145 e. The molecule has 7 aromatic carbocycles. The van der Waals surface area contributed by atoms with Gasteiger partial charge >= 0.3 is 0 Å². The molecule has 0 radical (unpaired) electrons. The first-order chi connectivity index (χ1) is 23.6. The van der Waals surface area contributed by atoms with Crippen molar-refractivity contribution in [2.45, 2.75) is 19.3 Å². The molecule has 48 heavy (non-hydrogen) atoms. The molecule has 3 heteroatoms. The van der Waals surface area contributed by atoms with Crippen LogP contribution < -0.4 is 4.90 Å². The van der Waals surface area contributed by atoms with Gasteiger partial charge in [0.25, 0.3) is 0 Å². The Morgan fingerprint density at radius 3 is 1.90 bits per heavy atom. The lowest BCUT2D eigenvalue weighted by Gasteiger charge is -2.34. The van der Waals surface area contributed by atoms with Crippen LogP contribution in [0, 0.1) is 0 Å². The maximum atomic E-state index is 6.79. The second-order valence-corrected chi connectivity index (χ2v) is 13.4. The van der Waals surface area contributed by atoms with Gasteiger partial charge in [0.2, 0.25) is 0 Å². The van der Waals surface area contributed by atoms with E-state index in [9.17, 15) is 0 Å². The van der Waals surface area contributed by atoms with Crippen molar-refractivity contribution in [3.63, 3.8) is 0 Å². The third-order valence-corrected chi connectivity index (χ3v) is 10.4. The van der Waals surface area contributed by atoms with Crippen LogP contribution in [0.4, 0.5) is 17.1 Å². The molecule has 0 aliphatic carbocycles. The third-order valence-electron chi connectivity index (χ3n) is 10.4. The largest absolute Gasteiger partial charge is 0.455 e. The second-order valence-electron chi connectivity index (χ2n) is 13.4. The highest BCUT2D eigenvalue weighted by molar-refractivity contribution is 6.25. The van der Waals surface area contributed by atoms with Gasteiger partial charge in [-0.15, -0.1) is 0 Å². The van der Waals surface area contributed by atoms with E-state index in [1.54, 1.807) is 0 Å². The number of hydrogen-bond donors (Lipinski definition) is 0. The lowest BCUT2D eigenvalue weighted by Crippen LogP contribution is -2.26. The molecule has 0 saturated carbocycles. The molecular formula is C45H32N2O. The first-order valence-electron chi connectivity index (χ1n) is 16.6. The van der Waals surface area contributed by atoms with Crippen LogP contribution in [0.25, 0.3) is 60.6 Å². The Kier molecular flexibility index (Phi) is 5.63. The molecule has 1 aliphatic heterocycles. The fourth-order valence-corrected chi connectivity index (χ4v) is 8.04. The fraction of sp³-hybridized carbons (Fsp3) is 0.0667. The van der Waals surface area contributed by atoms with Crippen LogP contribution in [-0.2, 0) is 5.41 Å². The Morgan fingerprint density at radius 1 is 0.521 bits per heavy atom. The molecule has 10 rings (SSSR count). The Labute approximate surface area is 278 Å². The zero-order chi connectivity index (χ0) is 32.0. The summed E-state index contributed by atoms with van der Waals surface area (Å²) in [5.74, 6) is 0. The summed E-state index contributed by atoms with van der Waals surface area (Å²) in [5.41, 5.74) is 13.8. The second kappa shape index (κ2) is 9.97. The van der Waals surface area contributed by atoms with E-state index < -0.39 is 0 Å². The molecule has 9 aromatic rings. The first kappa shape index (κ1) is 27.1. The molecule has 3 nitrogen and oxygen atoms in total. The van der Waals surface area contributed by atoms with Gasteiger partial charge in [-0.2, -0.15) is 0 Å². The third kappa shape index (κ3) is 3.76. The van der Waals surface area contributed by atoms with Gasteiger partial charge < -0.3 is 13.9 Å². The Morgan fingerprint density at radius 2 is 1.15 bits per heavy atom. The standard InChI is InChI=1S/C45H32N2O/c1-45(2)37-18-10-12-20-40(37)47-39-19-11-9-17-34(39)42-43(47)38(45)28-36-35-27-30(23-26-41(35)48-44(36)42)29-21-24-33(25-22-29)46(31-13-5-3-6-14-31)32-15-7-4-8-16-32/h3-28H,1-2H3. The Hall–Kier alpha value is -6.06. The van der Waals surface area contributed by atoms with E-state index >= 15 is 0 Å². The molecule has 0 bridgehead atoms. The molecule has 1 aliphatic rings. The highest BCUT2D eigenvalue weighted by atomic mass is 16.3. The summed E-state index contributed by atoms with van der Waals surface area (Å²) in [6.45, 7) is 4.72. The van der Waals surface area contributed by atoms with Crippen molar-refractivity contribution in [2.75, 3.05) is 4.90 Å². The number of para-hydroxylation sites is 4. The van der Waals surface area contributed by atoms with Crippen molar-refractivity contribution < 1.29 is 4.42 Å². The lowest BCUT2D eigenvalue weighted by atomic mass is 9.74. The van der Waals surface area contributed by atoms with Gasteiger partial charge in [0, 0.05) is 38.6 Å². The summed E-state index contributed by atoms with van der Waals surface area (Å²) in [6.07, 6.45) is 0. The van der Waals surface area contributed by atoms with Gasteiger partial charge in [0.05, 0.1) is 22.1 Å². The molecule has 0 fully saturated rings. The summed E-state index contributed by atoms with van der Waals surface area (Å²) in [4.78, 5) is 2.30. The zero-order valence-electron chi connectivity index (χ0n) is 26.8. The Bertz CT molecular complexity index is 2640. The summed E-state index contributed by atoms with van der Waals surface area (Å²) in [6, 6.07) is 56.6. The van der Waals surface area contributed by atoms with Gasteiger partial charge in [-0.1, -0.05) is 105 Å². The topological polar surface area (TPSA) is 21.3 Å². The van der Waals surface area contributed by atoms with E-state index in [2.05, 4.69) is 181 Å². The number of rotatable bonds is 4. The molecule has 0 spiro atoms. The van der Waals surface area contributed by atoms with Crippen molar-refractivity contribution in [3.8, 4) is 16.8 Å². The van der Waals surface area contributed by atoms with Crippen molar-refractivity contribution in [3.05, 3.63) is 169 Å². The molecule has 0 amide bonds. The van der Waals surface area contributed by atoms with Gasteiger partial charge in [0.15, 0.2) is 0 Å². The van der Waals surface area contributed by atoms with Crippen LogP contribution in [0.2, 0.25) is 0 Å². The number of anilines is 3. The predicted octanol–water partition coefficient (Wildman–Crippen LogP) is 12.5. The summed E-state index contributed by atoms with van der Waals surface area (Å²) in [7, 11) is 0. The van der Waals surface area contributed by atoms with Crippen LogP contribution in [0.1, 0.15) is 25.0 Å². The number of nitrogens with zero attached hydrogens (tertiary/aromatic N) is 2. The minimum Gasteiger partial charge on any atom is -0.455 e. The van der Waals surface area contributed by atoms with Crippen molar-refractivity contribution in [2.24, 2.45) is 0 Å². The quantitative estimate of drug-likeness (QED) is 0.196. The number of hydrogen-bond acceptors (Lipinski definition) is 2. The molecule has 3 heterocycles. The Balaban J connectivity index is 1.16. The molecule has 228 valence electrons. The zero-order valence-corrected chi connectivity index (χ0v) is 26.8. The van der Waals surface area contributed by atoms with Crippen LogP contribution >= 0.6 is 0 Å². The minimum atomic E-state index is -0.173. The SMILES string of the molecule is CC1(C)c2ccccc2-n2c3ccccc3c3c4oc5ccc(-c6ccc(N(c7ccccc7)c7ccccc7)cc6)cc5c4cc1c32. The monoisotopic (exact) mass is 616 g/mol. The van der Waals surface area contributed by atoms with Gasteiger partial charge in [0.1, 0.15) is 11.2 Å². The van der Waals surface area contributed by atoms with E-state index in [4.69, 9.17) is 4.42 Å². The molecule has 0 saturated heterocycles. The number of fused-ring (bicyclic) bond motifs is 9. The van der Waals surface area contributed by atoms with Crippen molar-refractivity contribution >= 4 is 60.8 Å². The highest BCUT2D eigenvalue weighted by Gasteiger charge is 2.36. The van der Waals surface area contributed by atoms with Crippen LogP contribution in [0.15, 0.2) is 162 Å². The highest BCUT2D eigenvalue weighted by Crippen LogP contribution is 2.51. The van der Waals surface area contributed by atoms with Crippen LogP contribution in [0.3, 0.4) is 0 Å². The average Bonchev–Trinajstić information content (AvgIpc) is 3.68. The lowest BCUT2D eigenvalue weighted by molar-refractivity contribution is 0.630. The first-order valence-corrected chi connectivity index (χ1v) is 16.6. The maximum absolute atomic E-state index is 6.79. The number of aromatic nitrogens is 1. The molecule has 0 unspecified atom stereocenters. The van der Waals surface area contributed by atoms with Crippen LogP contribution in [0.5, 0.6) is 0 Å². The minimum absolute atomic E-state index is 0.173. The summed E-state index contributed by atoms with van der Waals surface area (Å²) >= 11 is 0. The number of furan rings is 1. The normalized spacial score (nSPS) is 13.4. The fourth-order valence-electron chi connectivity index (χ4n) is 8.04. The molecule has 0 atom stereocenters. The summed E-state index contributed by atoms with van der Waals surface area (Å²) in [5, 5.41) is 4.74. The van der Waals surface area contributed by atoms with E-state index in [0.717, 1.165) is 33.6 Å². The number of benzene rings is 7. The average molecular weight is 617 g/mol. The summed E-state index contributed by atoms with van der Waals surface area (Å²) < 4.78 is 9.24. The van der Waals surface area contributed by atoms with E-state index in [1.807, 2.05) is 0 Å². The van der Waals surface area contributed by atoms with E-state index in [0.29, 0.717) is 0 Å². The molecular weight excluding hydrogens is 585 g/mol. The maximum Gasteiger partial charge on any atom is 0.145 e. The van der Waals surface area contributed by atoms with Gasteiger partial charge in [-0.25, -0.2) is 0 Å². The van der Waals surface area contributed by atoms with Gasteiger partial charge in [-0.05, 0) is 89.0 Å². The molecule has 2 aromatic heterocycles. The van der Waals surface area contributed by atoms with Gasteiger partial charge in [-0.3, -0.25) is 0 Å². The predicted molar refractivity (Wildman–Crippen MR) is 200 cm³/mol. The van der Waals surface area contributed by atoms with Crippen LogP contribution in [-0.4, -0.2) is 4.57 Å². The van der Waals surface area contributed by atoms with Crippen molar-refractivity contribution in [1.82, 2.24) is 4.57 Å².